The minimum atomic E-state index is -0.216. The molecule has 1 unspecified atom stereocenters. The van der Waals surface area contributed by atoms with E-state index in [1.54, 1.807) is 18.2 Å². The van der Waals surface area contributed by atoms with E-state index in [-0.39, 0.29) is 11.9 Å². The molecular formula is C16H16FNO. The van der Waals surface area contributed by atoms with Crippen molar-refractivity contribution in [3.05, 3.63) is 58.9 Å². The van der Waals surface area contributed by atoms with Crippen molar-refractivity contribution in [2.75, 3.05) is 5.32 Å². The van der Waals surface area contributed by atoms with Gasteiger partial charge in [-0.2, -0.15) is 0 Å². The number of fused-ring (bicyclic) bond motifs is 1. The van der Waals surface area contributed by atoms with Gasteiger partial charge in [-0.3, -0.25) is 0 Å². The second-order valence-electron chi connectivity index (χ2n) is 5.10. The van der Waals surface area contributed by atoms with Crippen molar-refractivity contribution in [3.63, 3.8) is 0 Å². The zero-order valence-electron chi connectivity index (χ0n) is 10.8. The SMILES string of the molecule is Cc1ccc(NC2CCc3cc(O)ccc32)c(F)c1. The van der Waals surface area contributed by atoms with E-state index in [1.165, 1.54) is 6.07 Å². The lowest BCUT2D eigenvalue weighted by Gasteiger charge is -2.16. The molecular weight excluding hydrogens is 241 g/mol. The maximum atomic E-state index is 13.8. The Balaban J connectivity index is 1.86. The monoisotopic (exact) mass is 257 g/mol. The summed E-state index contributed by atoms with van der Waals surface area (Å²) in [5.41, 5.74) is 3.75. The lowest BCUT2D eigenvalue weighted by atomic mass is 10.1. The molecule has 0 fully saturated rings. The van der Waals surface area contributed by atoms with Crippen LogP contribution in [0.3, 0.4) is 0 Å². The van der Waals surface area contributed by atoms with Gasteiger partial charge in [0, 0.05) is 0 Å². The van der Waals surface area contributed by atoms with Gasteiger partial charge in [-0.15, -0.1) is 0 Å². The molecule has 1 aliphatic carbocycles. The van der Waals surface area contributed by atoms with Crippen LogP contribution in [0.5, 0.6) is 5.75 Å². The molecule has 1 aliphatic rings. The first-order valence-electron chi connectivity index (χ1n) is 6.48. The third-order valence-electron chi connectivity index (χ3n) is 3.66. The van der Waals surface area contributed by atoms with Crippen LogP contribution in [-0.4, -0.2) is 5.11 Å². The minimum absolute atomic E-state index is 0.118. The number of aryl methyl sites for hydroxylation is 2. The molecule has 0 aliphatic heterocycles. The predicted molar refractivity (Wildman–Crippen MR) is 73.9 cm³/mol. The number of phenolic OH excluding ortho intramolecular Hbond substituents is 1. The maximum absolute atomic E-state index is 13.8. The number of hydrogen-bond donors (Lipinski definition) is 2. The molecule has 1 atom stereocenters. The van der Waals surface area contributed by atoms with Gasteiger partial charge >= 0.3 is 0 Å². The first kappa shape index (κ1) is 12.0. The predicted octanol–water partition coefficient (Wildman–Crippen LogP) is 3.94. The Bertz CT molecular complexity index is 624. The summed E-state index contributed by atoms with van der Waals surface area (Å²) in [4.78, 5) is 0. The van der Waals surface area contributed by atoms with Crippen molar-refractivity contribution >= 4 is 5.69 Å². The molecule has 2 aromatic rings. The van der Waals surface area contributed by atoms with Crippen molar-refractivity contribution in [3.8, 4) is 5.75 Å². The molecule has 0 bridgehead atoms. The lowest BCUT2D eigenvalue weighted by Crippen LogP contribution is -2.08. The van der Waals surface area contributed by atoms with Crippen molar-refractivity contribution in [1.29, 1.82) is 0 Å². The molecule has 0 aromatic heterocycles. The molecule has 0 radical (unpaired) electrons. The first-order valence-corrected chi connectivity index (χ1v) is 6.48. The van der Waals surface area contributed by atoms with Gasteiger partial charge in [0.05, 0.1) is 11.7 Å². The quantitative estimate of drug-likeness (QED) is 0.854. The van der Waals surface area contributed by atoms with Crippen molar-refractivity contribution < 1.29 is 9.50 Å². The van der Waals surface area contributed by atoms with Gasteiger partial charge in [0.25, 0.3) is 0 Å². The summed E-state index contributed by atoms with van der Waals surface area (Å²) >= 11 is 0. The van der Waals surface area contributed by atoms with Crippen molar-refractivity contribution in [2.45, 2.75) is 25.8 Å². The van der Waals surface area contributed by atoms with E-state index in [2.05, 4.69) is 5.32 Å². The number of anilines is 1. The zero-order valence-corrected chi connectivity index (χ0v) is 10.8. The van der Waals surface area contributed by atoms with Gasteiger partial charge in [-0.05, 0) is 60.7 Å². The van der Waals surface area contributed by atoms with Crippen LogP contribution in [0.25, 0.3) is 0 Å². The highest BCUT2D eigenvalue weighted by Crippen LogP contribution is 2.36. The van der Waals surface area contributed by atoms with Crippen LogP contribution in [0.1, 0.15) is 29.2 Å². The number of phenols is 1. The summed E-state index contributed by atoms with van der Waals surface area (Å²) < 4.78 is 13.8. The van der Waals surface area contributed by atoms with E-state index in [9.17, 15) is 9.50 Å². The molecule has 0 saturated carbocycles. The standard InChI is InChI=1S/C16H16FNO/c1-10-2-6-16(14(17)8-10)18-15-7-3-11-9-12(19)4-5-13(11)15/h2,4-6,8-9,15,18-19H,3,7H2,1H3. The highest BCUT2D eigenvalue weighted by molar-refractivity contribution is 5.51. The second kappa shape index (κ2) is 4.57. The average Bonchev–Trinajstić information content (AvgIpc) is 2.75. The third-order valence-corrected chi connectivity index (χ3v) is 3.66. The molecule has 2 nitrogen and oxygen atoms in total. The molecule has 98 valence electrons. The topological polar surface area (TPSA) is 32.3 Å². The number of aromatic hydroxyl groups is 1. The minimum Gasteiger partial charge on any atom is -0.508 e. The summed E-state index contributed by atoms with van der Waals surface area (Å²) in [5.74, 6) is 0.0770. The number of rotatable bonds is 2. The highest BCUT2D eigenvalue weighted by Gasteiger charge is 2.23. The van der Waals surface area contributed by atoms with E-state index in [0.29, 0.717) is 11.4 Å². The van der Waals surface area contributed by atoms with Crippen LogP contribution < -0.4 is 5.32 Å². The van der Waals surface area contributed by atoms with Crippen molar-refractivity contribution in [2.24, 2.45) is 0 Å². The fourth-order valence-electron chi connectivity index (χ4n) is 2.68. The molecule has 3 rings (SSSR count). The first-order chi connectivity index (χ1) is 9.13. The number of halogens is 1. The Morgan fingerprint density at radius 2 is 2.05 bits per heavy atom. The molecule has 2 aromatic carbocycles. The van der Waals surface area contributed by atoms with E-state index in [1.807, 2.05) is 19.1 Å². The smallest absolute Gasteiger partial charge is 0.146 e. The Hall–Kier alpha value is -2.03. The van der Waals surface area contributed by atoms with Crippen LogP contribution in [0, 0.1) is 12.7 Å². The molecule has 0 heterocycles. The highest BCUT2D eigenvalue weighted by atomic mass is 19.1. The van der Waals surface area contributed by atoms with Crippen LogP contribution in [0.2, 0.25) is 0 Å². The molecule has 0 amide bonds. The summed E-state index contributed by atoms with van der Waals surface area (Å²) in [5, 5.41) is 12.7. The lowest BCUT2D eigenvalue weighted by molar-refractivity contribution is 0.474. The van der Waals surface area contributed by atoms with Crippen LogP contribution >= 0.6 is 0 Å². The van der Waals surface area contributed by atoms with Crippen LogP contribution in [-0.2, 0) is 6.42 Å². The van der Waals surface area contributed by atoms with Gasteiger partial charge in [0.15, 0.2) is 0 Å². The van der Waals surface area contributed by atoms with E-state index in [0.717, 1.165) is 29.5 Å². The maximum Gasteiger partial charge on any atom is 0.146 e. The fraction of sp³-hybridized carbons (Fsp3) is 0.250. The number of benzene rings is 2. The molecule has 19 heavy (non-hydrogen) atoms. The normalized spacial score (nSPS) is 17.3. The van der Waals surface area contributed by atoms with Crippen molar-refractivity contribution in [1.82, 2.24) is 0 Å². The largest absolute Gasteiger partial charge is 0.508 e. The Morgan fingerprint density at radius 3 is 2.84 bits per heavy atom. The van der Waals surface area contributed by atoms with Gasteiger partial charge in [0.1, 0.15) is 11.6 Å². The molecule has 2 N–H and O–H groups in total. The van der Waals surface area contributed by atoms with Gasteiger partial charge in [0.2, 0.25) is 0 Å². The molecule has 0 spiro atoms. The average molecular weight is 257 g/mol. The Labute approximate surface area is 111 Å². The van der Waals surface area contributed by atoms with Gasteiger partial charge < -0.3 is 10.4 Å². The van der Waals surface area contributed by atoms with E-state index >= 15 is 0 Å². The zero-order chi connectivity index (χ0) is 13.4. The summed E-state index contributed by atoms with van der Waals surface area (Å²) in [6.45, 7) is 1.88. The van der Waals surface area contributed by atoms with Crippen LogP contribution in [0.15, 0.2) is 36.4 Å². The van der Waals surface area contributed by atoms with E-state index < -0.39 is 0 Å². The molecule has 3 heteroatoms. The van der Waals surface area contributed by atoms with Gasteiger partial charge in [-0.1, -0.05) is 12.1 Å². The summed E-state index contributed by atoms with van der Waals surface area (Å²) in [7, 11) is 0. The Morgan fingerprint density at radius 1 is 1.21 bits per heavy atom. The number of hydrogen-bond acceptors (Lipinski definition) is 2. The van der Waals surface area contributed by atoms with E-state index in [4.69, 9.17) is 0 Å². The molecule has 0 saturated heterocycles. The summed E-state index contributed by atoms with van der Waals surface area (Å²) in [6, 6.07) is 10.7. The Kier molecular flexibility index (Phi) is 2.90. The van der Waals surface area contributed by atoms with Gasteiger partial charge in [-0.25, -0.2) is 4.39 Å². The second-order valence-corrected chi connectivity index (χ2v) is 5.10. The fourth-order valence-corrected chi connectivity index (χ4v) is 2.68. The number of nitrogens with one attached hydrogen (secondary N) is 1. The third kappa shape index (κ3) is 2.28. The van der Waals surface area contributed by atoms with Crippen LogP contribution in [0.4, 0.5) is 10.1 Å². The summed E-state index contributed by atoms with van der Waals surface area (Å²) in [6.07, 6.45) is 1.83.